The maximum absolute atomic E-state index is 12.6. The van der Waals surface area contributed by atoms with E-state index in [2.05, 4.69) is 0 Å². The van der Waals surface area contributed by atoms with Gasteiger partial charge in [0.2, 0.25) is 0 Å². The maximum Gasteiger partial charge on any atom is 0.342 e. The molecule has 0 saturated carbocycles. The SMILES string of the molecule is O=C(O[C@H]1C(O)C(CO)O[C@@H](O)C1O)c1ccccc1OCc1ccccc1. The van der Waals surface area contributed by atoms with E-state index in [0.717, 1.165) is 5.56 Å². The molecular weight excluding hydrogens is 368 g/mol. The van der Waals surface area contributed by atoms with Crippen molar-refractivity contribution in [1.82, 2.24) is 0 Å². The van der Waals surface area contributed by atoms with Gasteiger partial charge in [0, 0.05) is 0 Å². The Balaban J connectivity index is 1.73. The predicted molar refractivity (Wildman–Crippen MR) is 96.4 cm³/mol. The lowest BCUT2D eigenvalue weighted by atomic mass is 9.99. The van der Waals surface area contributed by atoms with Crippen LogP contribution in [0.15, 0.2) is 54.6 Å². The van der Waals surface area contributed by atoms with E-state index in [1.165, 1.54) is 6.07 Å². The van der Waals surface area contributed by atoms with E-state index >= 15 is 0 Å². The van der Waals surface area contributed by atoms with Crippen LogP contribution in [0.1, 0.15) is 15.9 Å². The number of aliphatic hydroxyl groups is 4. The highest BCUT2D eigenvalue weighted by atomic mass is 16.7. The van der Waals surface area contributed by atoms with Gasteiger partial charge in [-0.15, -0.1) is 0 Å². The molecule has 5 atom stereocenters. The van der Waals surface area contributed by atoms with Gasteiger partial charge in [0.25, 0.3) is 0 Å². The third-order valence-electron chi connectivity index (χ3n) is 4.43. The van der Waals surface area contributed by atoms with E-state index in [0.29, 0.717) is 0 Å². The summed E-state index contributed by atoms with van der Waals surface area (Å²) in [6.07, 6.45) is -7.55. The molecular formula is C20H22O8. The second-order valence-corrected chi connectivity index (χ2v) is 6.37. The lowest BCUT2D eigenvalue weighted by Crippen LogP contribution is -2.59. The molecule has 0 bridgehead atoms. The van der Waals surface area contributed by atoms with E-state index < -0.39 is 43.3 Å². The van der Waals surface area contributed by atoms with Crippen LogP contribution in [0.4, 0.5) is 0 Å². The molecule has 8 heteroatoms. The number of carbonyl (C=O) groups is 1. The minimum Gasteiger partial charge on any atom is -0.488 e. The van der Waals surface area contributed by atoms with Crippen molar-refractivity contribution in [1.29, 1.82) is 0 Å². The zero-order valence-corrected chi connectivity index (χ0v) is 14.9. The van der Waals surface area contributed by atoms with Crippen molar-refractivity contribution in [3.05, 3.63) is 65.7 Å². The lowest BCUT2D eigenvalue weighted by molar-refractivity contribution is -0.285. The normalized spacial score (nSPS) is 27.2. The molecule has 1 heterocycles. The molecule has 0 aliphatic carbocycles. The molecule has 28 heavy (non-hydrogen) atoms. The van der Waals surface area contributed by atoms with Gasteiger partial charge in [0.15, 0.2) is 12.4 Å². The number of rotatable bonds is 6. The second-order valence-electron chi connectivity index (χ2n) is 6.37. The Kier molecular flexibility index (Phi) is 6.61. The fraction of sp³-hybridized carbons (Fsp3) is 0.350. The topological polar surface area (TPSA) is 126 Å². The largest absolute Gasteiger partial charge is 0.488 e. The van der Waals surface area contributed by atoms with Crippen molar-refractivity contribution in [2.75, 3.05) is 6.61 Å². The molecule has 1 fully saturated rings. The highest BCUT2D eigenvalue weighted by Crippen LogP contribution is 2.26. The number of esters is 1. The number of hydrogen-bond donors (Lipinski definition) is 4. The minimum atomic E-state index is -1.71. The lowest BCUT2D eigenvalue weighted by Gasteiger charge is -2.39. The molecule has 0 amide bonds. The number of ether oxygens (including phenoxy) is 3. The van der Waals surface area contributed by atoms with Crippen molar-refractivity contribution in [3.8, 4) is 5.75 Å². The summed E-state index contributed by atoms with van der Waals surface area (Å²) in [6.45, 7) is -0.380. The van der Waals surface area contributed by atoms with Gasteiger partial charge >= 0.3 is 5.97 Å². The van der Waals surface area contributed by atoms with Crippen molar-refractivity contribution in [2.24, 2.45) is 0 Å². The summed E-state index contributed by atoms with van der Waals surface area (Å²) in [5.74, 6) is -0.579. The van der Waals surface area contributed by atoms with Gasteiger partial charge < -0.3 is 34.6 Å². The van der Waals surface area contributed by atoms with Gasteiger partial charge in [-0.2, -0.15) is 0 Å². The highest BCUT2D eigenvalue weighted by Gasteiger charge is 2.46. The Bertz CT molecular complexity index is 781. The van der Waals surface area contributed by atoms with Crippen LogP contribution in [0.2, 0.25) is 0 Å². The molecule has 3 rings (SSSR count). The minimum absolute atomic E-state index is 0.0966. The smallest absolute Gasteiger partial charge is 0.342 e. The number of benzene rings is 2. The first kappa shape index (κ1) is 20.2. The van der Waals surface area contributed by atoms with Gasteiger partial charge in [-0.1, -0.05) is 42.5 Å². The number of aliphatic hydroxyl groups excluding tert-OH is 4. The molecule has 0 spiro atoms. The van der Waals surface area contributed by atoms with Gasteiger partial charge in [-0.3, -0.25) is 0 Å². The molecule has 3 unspecified atom stereocenters. The summed E-state index contributed by atoms with van der Waals surface area (Å²) in [5, 5.41) is 39.1. The molecule has 8 nitrogen and oxygen atoms in total. The van der Waals surface area contributed by atoms with Crippen LogP contribution < -0.4 is 4.74 Å². The molecule has 0 radical (unpaired) electrons. The molecule has 1 aliphatic rings. The summed E-state index contributed by atoms with van der Waals surface area (Å²) in [7, 11) is 0. The van der Waals surface area contributed by atoms with Crippen LogP contribution in [0.5, 0.6) is 5.75 Å². The third-order valence-corrected chi connectivity index (χ3v) is 4.43. The van der Waals surface area contributed by atoms with E-state index in [1.54, 1.807) is 18.2 Å². The van der Waals surface area contributed by atoms with E-state index in [1.807, 2.05) is 30.3 Å². The summed E-state index contributed by atoms with van der Waals surface area (Å²) < 4.78 is 15.8. The number of hydrogen-bond acceptors (Lipinski definition) is 8. The van der Waals surface area contributed by atoms with Gasteiger partial charge in [0.1, 0.15) is 36.2 Å². The summed E-state index contributed by atoms with van der Waals surface area (Å²) in [5.41, 5.74) is 1.01. The van der Waals surface area contributed by atoms with Gasteiger partial charge in [-0.05, 0) is 17.7 Å². The Morgan fingerprint density at radius 3 is 2.36 bits per heavy atom. The van der Waals surface area contributed by atoms with Gasteiger partial charge in [0.05, 0.1) is 6.61 Å². The Morgan fingerprint density at radius 1 is 0.964 bits per heavy atom. The van der Waals surface area contributed by atoms with Crippen molar-refractivity contribution in [2.45, 2.75) is 37.3 Å². The molecule has 0 aromatic heterocycles. The van der Waals surface area contributed by atoms with Crippen LogP contribution in [0, 0.1) is 0 Å². The van der Waals surface area contributed by atoms with E-state index in [9.17, 15) is 25.2 Å². The fourth-order valence-electron chi connectivity index (χ4n) is 2.89. The second kappa shape index (κ2) is 9.13. The maximum atomic E-state index is 12.6. The Labute approximate surface area is 161 Å². The van der Waals surface area contributed by atoms with Crippen molar-refractivity contribution in [3.63, 3.8) is 0 Å². The quantitative estimate of drug-likeness (QED) is 0.516. The first-order chi connectivity index (χ1) is 13.5. The molecule has 2 aromatic rings. The van der Waals surface area contributed by atoms with E-state index in [4.69, 9.17) is 14.2 Å². The zero-order valence-electron chi connectivity index (χ0n) is 14.9. The highest BCUT2D eigenvalue weighted by molar-refractivity contribution is 5.92. The average Bonchev–Trinajstić information content (AvgIpc) is 2.73. The summed E-state index contributed by atoms with van der Waals surface area (Å²) in [4.78, 5) is 12.6. The van der Waals surface area contributed by atoms with Gasteiger partial charge in [-0.25, -0.2) is 4.79 Å². The molecule has 1 aliphatic heterocycles. The van der Waals surface area contributed by atoms with Crippen LogP contribution in [-0.4, -0.2) is 63.7 Å². The Morgan fingerprint density at radius 2 is 1.64 bits per heavy atom. The molecule has 150 valence electrons. The van der Waals surface area contributed by atoms with Crippen LogP contribution in [0.3, 0.4) is 0 Å². The monoisotopic (exact) mass is 390 g/mol. The number of carbonyl (C=O) groups excluding carboxylic acids is 1. The number of para-hydroxylation sites is 1. The predicted octanol–water partition coefficient (Wildman–Crippen LogP) is 0.222. The Hall–Kier alpha value is -2.49. The van der Waals surface area contributed by atoms with Crippen LogP contribution in [-0.2, 0) is 16.1 Å². The average molecular weight is 390 g/mol. The third kappa shape index (κ3) is 4.49. The standard InChI is InChI=1S/C20H22O8/c21-10-15-16(22)18(17(23)20(25)27-15)28-19(24)13-8-4-5-9-14(13)26-11-12-6-2-1-3-7-12/h1-9,15-18,20-23,25H,10-11H2/t15?,16?,17?,18-,20+/m0/s1. The first-order valence-corrected chi connectivity index (χ1v) is 8.78. The molecule has 4 N–H and O–H groups in total. The van der Waals surface area contributed by atoms with Crippen LogP contribution in [0.25, 0.3) is 0 Å². The molecule has 2 aromatic carbocycles. The van der Waals surface area contributed by atoms with Crippen molar-refractivity contribution >= 4 is 5.97 Å². The summed E-state index contributed by atoms with van der Waals surface area (Å²) >= 11 is 0. The summed E-state index contributed by atoms with van der Waals surface area (Å²) in [6, 6.07) is 15.8. The molecule has 1 saturated heterocycles. The van der Waals surface area contributed by atoms with Crippen LogP contribution >= 0.6 is 0 Å². The zero-order chi connectivity index (χ0) is 20.1. The van der Waals surface area contributed by atoms with Crippen molar-refractivity contribution < 1.29 is 39.4 Å². The fourth-order valence-corrected chi connectivity index (χ4v) is 2.89. The first-order valence-electron chi connectivity index (χ1n) is 8.78. The van der Waals surface area contributed by atoms with E-state index in [-0.39, 0.29) is 17.9 Å².